The van der Waals surface area contributed by atoms with Crippen LogP contribution in [0.2, 0.25) is 0 Å². The Kier molecular flexibility index (Phi) is 3.00. The number of hydrogen-bond acceptors (Lipinski definition) is 4. The van der Waals surface area contributed by atoms with Gasteiger partial charge in [-0.1, -0.05) is 18.5 Å². The van der Waals surface area contributed by atoms with Gasteiger partial charge >= 0.3 is 7.12 Å². The van der Waals surface area contributed by atoms with Gasteiger partial charge < -0.3 is 15.2 Å². The van der Waals surface area contributed by atoms with Crippen molar-refractivity contribution < 1.29 is 15.2 Å². The van der Waals surface area contributed by atoms with Crippen LogP contribution in [0.4, 0.5) is 0 Å². The minimum absolute atomic E-state index is 0.655. The first kappa shape index (κ1) is 11.3. The molecule has 76 valence electrons. The molecule has 0 aliphatic heterocycles. The molecule has 14 heavy (non-hydrogen) atoms. The molecule has 0 radical (unpaired) electrons. The van der Waals surface area contributed by atoms with E-state index in [9.17, 15) is 5.11 Å². The van der Waals surface area contributed by atoms with Crippen LogP contribution in [0.15, 0.2) is 12.1 Å². The van der Waals surface area contributed by atoms with E-state index in [-0.39, 0.29) is 0 Å². The Bertz CT molecular complexity index is 276. The molecule has 0 spiro atoms. The molecule has 3 N–H and O–H groups in total. The van der Waals surface area contributed by atoms with Crippen LogP contribution in [-0.4, -0.2) is 27.9 Å². The van der Waals surface area contributed by atoms with Crippen molar-refractivity contribution >= 4 is 7.12 Å². The predicted octanol–water partition coefficient (Wildman–Crippen LogP) is -0.000520. The second kappa shape index (κ2) is 3.74. The standard InChI is InChI=1S/C9H14BNO3/c1-8(12,5-6-10(13)14)9(7-11)3-2-4-9/h5-6,12-14H,2-4H2,1H3/b6-5+/t8-/m0/s1. The highest BCUT2D eigenvalue weighted by Crippen LogP contribution is 2.49. The van der Waals surface area contributed by atoms with E-state index in [1.54, 1.807) is 0 Å². The number of nitrogens with zero attached hydrogens (tertiary/aromatic N) is 1. The molecule has 1 saturated carbocycles. The first-order valence-electron chi connectivity index (χ1n) is 4.63. The summed E-state index contributed by atoms with van der Waals surface area (Å²) < 4.78 is 0. The summed E-state index contributed by atoms with van der Waals surface area (Å²) in [5.74, 6) is 1.08. The van der Waals surface area contributed by atoms with E-state index in [1.165, 1.54) is 13.0 Å². The van der Waals surface area contributed by atoms with E-state index < -0.39 is 18.1 Å². The zero-order valence-corrected chi connectivity index (χ0v) is 8.14. The molecule has 1 fully saturated rings. The lowest BCUT2D eigenvalue weighted by Gasteiger charge is -2.45. The largest absolute Gasteiger partial charge is 0.480 e. The topological polar surface area (TPSA) is 84.5 Å². The average molecular weight is 195 g/mol. The quantitative estimate of drug-likeness (QED) is 0.553. The smallest absolute Gasteiger partial charge is 0.424 e. The molecule has 0 unspecified atom stereocenters. The summed E-state index contributed by atoms with van der Waals surface area (Å²) in [5.41, 5.74) is -2.04. The van der Waals surface area contributed by atoms with Gasteiger partial charge in [-0.15, -0.1) is 0 Å². The van der Waals surface area contributed by atoms with Crippen LogP contribution in [0.25, 0.3) is 0 Å². The lowest BCUT2D eigenvalue weighted by Crippen LogP contribution is -2.48. The fourth-order valence-corrected chi connectivity index (χ4v) is 1.69. The molecule has 0 saturated heterocycles. The lowest BCUT2D eigenvalue weighted by atomic mass is 9.59. The van der Waals surface area contributed by atoms with E-state index in [0.29, 0.717) is 12.8 Å². The van der Waals surface area contributed by atoms with Crippen molar-refractivity contribution in [2.24, 2.45) is 5.41 Å². The fourth-order valence-electron chi connectivity index (χ4n) is 1.69. The van der Waals surface area contributed by atoms with Crippen LogP contribution in [0.5, 0.6) is 0 Å². The maximum absolute atomic E-state index is 10.0. The second-order valence-corrected chi connectivity index (χ2v) is 3.97. The molecule has 1 aliphatic rings. The maximum Gasteiger partial charge on any atom is 0.480 e. The van der Waals surface area contributed by atoms with Crippen LogP contribution < -0.4 is 0 Å². The molecule has 1 rings (SSSR count). The van der Waals surface area contributed by atoms with Crippen LogP contribution in [0.1, 0.15) is 26.2 Å². The number of aliphatic hydroxyl groups is 1. The van der Waals surface area contributed by atoms with Gasteiger partial charge in [0, 0.05) is 0 Å². The summed E-state index contributed by atoms with van der Waals surface area (Å²) in [7, 11) is -1.59. The molecule has 1 atom stereocenters. The molecule has 0 aromatic carbocycles. The van der Waals surface area contributed by atoms with E-state index >= 15 is 0 Å². The fraction of sp³-hybridized carbons (Fsp3) is 0.667. The van der Waals surface area contributed by atoms with Crippen molar-refractivity contribution in [3.8, 4) is 6.07 Å². The zero-order chi connectivity index (χ0) is 10.8. The van der Waals surface area contributed by atoms with Crippen molar-refractivity contribution in [3.63, 3.8) is 0 Å². The summed E-state index contributed by atoms with van der Waals surface area (Å²) >= 11 is 0. The predicted molar refractivity (Wildman–Crippen MR) is 51.9 cm³/mol. The highest BCUT2D eigenvalue weighted by molar-refractivity contribution is 6.47. The highest BCUT2D eigenvalue weighted by Gasteiger charge is 2.50. The Balaban J connectivity index is 2.79. The molecule has 0 aromatic heterocycles. The third-order valence-corrected chi connectivity index (χ3v) is 2.98. The first-order valence-corrected chi connectivity index (χ1v) is 4.63. The summed E-state index contributed by atoms with van der Waals surface area (Å²) in [4.78, 5) is 0. The lowest BCUT2D eigenvalue weighted by molar-refractivity contribution is -0.0414. The maximum atomic E-state index is 10.0. The number of nitriles is 1. The van der Waals surface area contributed by atoms with Gasteiger partial charge in [-0.2, -0.15) is 5.26 Å². The van der Waals surface area contributed by atoms with Gasteiger partial charge in [0.05, 0.1) is 17.1 Å². The SMILES string of the molecule is C[C@](O)(/C=C/B(O)O)C1(C#N)CCC1. The summed E-state index contributed by atoms with van der Waals surface area (Å²) in [6, 6.07) is 2.11. The Labute approximate surface area is 83.6 Å². The normalized spacial score (nSPS) is 23.6. The van der Waals surface area contributed by atoms with E-state index in [1.807, 2.05) is 0 Å². The third-order valence-electron chi connectivity index (χ3n) is 2.98. The first-order chi connectivity index (χ1) is 6.43. The second-order valence-electron chi connectivity index (χ2n) is 3.97. The molecule has 4 nitrogen and oxygen atoms in total. The van der Waals surface area contributed by atoms with Gasteiger partial charge in [-0.05, 0) is 19.8 Å². The van der Waals surface area contributed by atoms with Crippen molar-refractivity contribution in [2.75, 3.05) is 0 Å². The molecule has 0 bridgehead atoms. The third kappa shape index (κ3) is 1.83. The van der Waals surface area contributed by atoms with Crippen molar-refractivity contribution in [2.45, 2.75) is 31.8 Å². The van der Waals surface area contributed by atoms with E-state index in [4.69, 9.17) is 15.3 Å². The minimum atomic E-state index is -1.59. The minimum Gasteiger partial charge on any atom is -0.424 e. The monoisotopic (exact) mass is 195 g/mol. The van der Waals surface area contributed by atoms with Gasteiger partial charge in [0.1, 0.15) is 0 Å². The zero-order valence-electron chi connectivity index (χ0n) is 8.14. The van der Waals surface area contributed by atoms with Crippen molar-refractivity contribution in [1.29, 1.82) is 5.26 Å². The Morgan fingerprint density at radius 1 is 1.50 bits per heavy atom. The average Bonchev–Trinajstić information content (AvgIpc) is 1.99. The van der Waals surface area contributed by atoms with Gasteiger partial charge in [-0.25, -0.2) is 0 Å². The van der Waals surface area contributed by atoms with Crippen LogP contribution >= 0.6 is 0 Å². The van der Waals surface area contributed by atoms with Crippen LogP contribution in [0.3, 0.4) is 0 Å². The summed E-state index contributed by atoms with van der Waals surface area (Å²) in [5, 5.41) is 36.2. The van der Waals surface area contributed by atoms with Gasteiger partial charge in [-0.3, -0.25) is 0 Å². The molecular weight excluding hydrogens is 181 g/mol. The van der Waals surface area contributed by atoms with Gasteiger partial charge in [0.15, 0.2) is 0 Å². The number of rotatable bonds is 3. The molecule has 5 heteroatoms. The molecular formula is C9H14BNO3. The van der Waals surface area contributed by atoms with E-state index in [2.05, 4.69) is 6.07 Å². The molecule has 0 aromatic rings. The van der Waals surface area contributed by atoms with Crippen LogP contribution in [-0.2, 0) is 0 Å². The summed E-state index contributed by atoms with van der Waals surface area (Å²) in [6.07, 6.45) is 3.53. The Hall–Kier alpha value is -0.825. The van der Waals surface area contributed by atoms with Gasteiger partial charge in [0.2, 0.25) is 0 Å². The Morgan fingerprint density at radius 2 is 2.07 bits per heavy atom. The van der Waals surface area contributed by atoms with Crippen molar-refractivity contribution in [1.82, 2.24) is 0 Å². The van der Waals surface area contributed by atoms with Crippen molar-refractivity contribution in [3.05, 3.63) is 12.1 Å². The number of hydrogen-bond donors (Lipinski definition) is 3. The summed E-state index contributed by atoms with van der Waals surface area (Å²) in [6.45, 7) is 1.52. The molecule has 0 heterocycles. The van der Waals surface area contributed by atoms with Gasteiger partial charge in [0.25, 0.3) is 0 Å². The molecule has 0 amide bonds. The van der Waals surface area contributed by atoms with Crippen LogP contribution in [0, 0.1) is 16.7 Å². The van der Waals surface area contributed by atoms with E-state index in [0.717, 1.165) is 12.4 Å². The molecule has 1 aliphatic carbocycles. The highest BCUT2D eigenvalue weighted by atomic mass is 16.4. The Morgan fingerprint density at radius 3 is 2.36 bits per heavy atom.